The summed E-state index contributed by atoms with van der Waals surface area (Å²) in [6.45, 7) is 7.21. The molecule has 0 spiro atoms. The number of nitrogens with one attached hydrogen (secondary N) is 1. The van der Waals surface area contributed by atoms with E-state index >= 15 is 0 Å². The molecule has 0 radical (unpaired) electrons. The lowest BCUT2D eigenvalue weighted by molar-refractivity contribution is -0.116. The van der Waals surface area contributed by atoms with E-state index in [0.29, 0.717) is 30.5 Å². The smallest absolute Gasteiger partial charge is 0.226 e. The van der Waals surface area contributed by atoms with Crippen LogP contribution in [0.25, 0.3) is 0 Å². The van der Waals surface area contributed by atoms with Crippen molar-refractivity contribution in [3.05, 3.63) is 34.8 Å². The van der Waals surface area contributed by atoms with Crippen molar-refractivity contribution in [2.75, 3.05) is 11.9 Å². The van der Waals surface area contributed by atoms with Crippen molar-refractivity contribution in [2.24, 2.45) is 0 Å². The van der Waals surface area contributed by atoms with Crippen molar-refractivity contribution in [1.29, 1.82) is 0 Å². The van der Waals surface area contributed by atoms with Gasteiger partial charge in [0.25, 0.3) is 0 Å². The summed E-state index contributed by atoms with van der Waals surface area (Å²) >= 11 is 1.49. The fourth-order valence-corrected chi connectivity index (χ4v) is 3.52. The quantitative estimate of drug-likeness (QED) is 0.635. The van der Waals surface area contributed by atoms with Crippen LogP contribution in [0.4, 0.5) is 5.13 Å². The highest BCUT2D eigenvalue weighted by Gasteiger charge is 2.27. The molecule has 2 aromatic rings. The maximum Gasteiger partial charge on any atom is 0.226 e. The summed E-state index contributed by atoms with van der Waals surface area (Å²) in [5.41, 5.74) is 1.50. The number of hydrogen-bond donors (Lipinski definition) is 1. The Morgan fingerprint density at radius 2 is 2.00 bits per heavy atom. The van der Waals surface area contributed by atoms with E-state index in [0.717, 1.165) is 17.2 Å². The molecule has 1 aromatic carbocycles. The fraction of sp³-hybridized carbons (Fsp3) is 0.550. The second kappa shape index (κ2) is 8.16. The fourth-order valence-electron chi connectivity index (χ4n) is 2.59. The Hall–Kier alpha value is -1.95. The molecular formula is C20H27N3O2S. The van der Waals surface area contributed by atoms with Crippen molar-refractivity contribution in [1.82, 2.24) is 10.2 Å². The minimum Gasteiger partial charge on any atom is -0.494 e. The number of nitrogens with zero attached hydrogens (tertiary/aromatic N) is 2. The van der Waals surface area contributed by atoms with E-state index in [-0.39, 0.29) is 11.3 Å². The molecule has 0 saturated heterocycles. The second-order valence-corrected chi connectivity index (χ2v) is 8.49. The van der Waals surface area contributed by atoms with Crippen LogP contribution in [0.15, 0.2) is 24.3 Å². The van der Waals surface area contributed by atoms with Crippen LogP contribution in [-0.4, -0.2) is 22.7 Å². The highest BCUT2D eigenvalue weighted by Crippen LogP contribution is 2.42. The first-order valence-corrected chi connectivity index (χ1v) is 10.2. The molecule has 5 nitrogen and oxygen atoms in total. The summed E-state index contributed by atoms with van der Waals surface area (Å²) in [5, 5.41) is 12.6. The Kier molecular flexibility index (Phi) is 5.91. The zero-order valence-corrected chi connectivity index (χ0v) is 16.6. The molecule has 26 heavy (non-hydrogen) atoms. The van der Waals surface area contributed by atoms with Gasteiger partial charge < -0.3 is 10.1 Å². The Balaban J connectivity index is 1.37. The van der Waals surface area contributed by atoms with Crippen molar-refractivity contribution in [3.63, 3.8) is 0 Å². The second-order valence-electron chi connectivity index (χ2n) is 7.48. The monoisotopic (exact) mass is 373 g/mol. The molecule has 1 heterocycles. The van der Waals surface area contributed by atoms with E-state index in [9.17, 15) is 4.79 Å². The molecule has 140 valence electrons. The Labute approximate surface area is 159 Å². The number of carbonyl (C=O) groups excluding carboxylic acids is 1. The number of anilines is 1. The van der Waals surface area contributed by atoms with Gasteiger partial charge in [0.1, 0.15) is 10.8 Å². The van der Waals surface area contributed by atoms with Crippen LogP contribution in [0.1, 0.15) is 69.4 Å². The van der Waals surface area contributed by atoms with E-state index in [4.69, 9.17) is 4.74 Å². The Bertz CT molecular complexity index is 736. The number of rotatable bonds is 9. The van der Waals surface area contributed by atoms with E-state index < -0.39 is 0 Å². The maximum absolute atomic E-state index is 12.0. The first-order valence-electron chi connectivity index (χ1n) is 9.34. The van der Waals surface area contributed by atoms with Gasteiger partial charge >= 0.3 is 0 Å². The van der Waals surface area contributed by atoms with Crippen LogP contribution in [0.2, 0.25) is 0 Å². The van der Waals surface area contributed by atoms with Gasteiger partial charge in [0.05, 0.1) is 6.61 Å². The van der Waals surface area contributed by atoms with Crippen molar-refractivity contribution < 1.29 is 9.53 Å². The predicted molar refractivity (Wildman–Crippen MR) is 105 cm³/mol. The maximum atomic E-state index is 12.0. The number of carbonyl (C=O) groups is 1. The van der Waals surface area contributed by atoms with Gasteiger partial charge in [0, 0.05) is 12.3 Å². The first-order chi connectivity index (χ1) is 12.5. The molecule has 1 aliphatic carbocycles. The zero-order valence-electron chi connectivity index (χ0n) is 15.7. The number of hydrogen-bond acceptors (Lipinski definition) is 5. The average Bonchev–Trinajstić information content (AvgIpc) is 3.39. The van der Waals surface area contributed by atoms with Gasteiger partial charge in [-0.05, 0) is 48.8 Å². The molecule has 1 fully saturated rings. The zero-order chi connectivity index (χ0) is 18.6. The number of ether oxygens (including phenoxy) is 1. The summed E-state index contributed by atoms with van der Waals surface area (Å²) in [6.07, 6.45) is 4.56. The molecular weight excluding hydrogens is 346 g/mol. The Morgan fingerprint density at radius 1 is 1.27 bits per heavy atom. The summed E-state index contributed by atoms with van der Waals surface area (Å²) in [5.74, 6) is 1.38. The molecule has 0 unspecified atom stereocenters. The van der Waals surface area contributed by atoms with Gasteiger partial charge in [0.15, 0.2) is 0 Å². The van der Waals surface area contributed by atoms with E-state index in [2.05, 4.69) is 48.4 Å². The molecule has 0 atom stereocenters. The summed E-state index contributed by atoms with van der Waals surface area (Å²) < 4.78 is 5.75. The van der Waals surface area contributed by atoms with E-state index in [1.165, 1.54) is 29.7 Å². The predicted octanol–water partition coefficient (Wildman–Crippen LogP) is 4.90. The summed E-state index contributed by atoms with van der Waals surface area (Å²) in [6, 6.07) is 8.26. The summed E-state index contributed by atoms with van der Waals surface area (Å²) in [4.78, 5) is 12.0. The minimum atomic E-state index is -0.0351. The lowest BCUT2D eigenvalue weighted by atomic mass is 9.82. The van der Waals surface area contributed by atoms with Crippen LogP contribution >= 0.6 is 11.3 Å². The SMILES string of the molecule is CCC(C)(C)c1ccc(OCCCC(=O)Nc2nnc(C3CC3)s2)cc1. The third-order valence-corrected chi connectivity index (χ3v) is 5.95. The molecule has 6 heteroatoms. The van der Waals surface area contributed by atoms with Crippen molar-refractivity contribution in [2.45, 2.75) is 64.2 Å². The van der Waals surface area contributed by atoms with Crippen molar-refractivity contribution in [3.8, 4) is 5.75 Å². The molecule has 1 N–H and O–H groups in total. The van der Waals surface area contributed by atoms with Crippen LogP contribution < -0.4 is 10.1 Å². The van der Waals surface area contributed by atoms with Crippen LogP contribution in [0.5, 0.6) is 5.75 Å². The van der Waals surface area contributed by atoms with Crippen LogP contribution in [0, 0.1) is 0 Å². The lowest BCUT2D eigenvalue weighted by Gasteiger charge is -2.23. The molecule has 3 rings (SSSR count). The van der Waals surface area contributed by atoms with Crippen LogP contribution in [-0.2, 0) is 10.2 Å². The van der Waals surface area contributed by atoms with Gasteiger partial charge in [-0.15, -0.1) is 10.2 Å². The third-order valence-electron chi connectivity index (χ3n) is 4.95. The largest absolute Gasteiger partial charge is 0.494 e. The van der Waals surface area contributed by atoms with Gasteiger partial charge in [-0.25, -0.2) is 0 Å². The molecule has 1 saturated carbocycles. The van der Waals surface area contributed by atoms with Gasteiger partial charge in [-0.3, -0.25) is 4.79 Å². The van der Waals surface area contributed by atoms with Gasteiger partial charge in [0.2, 0.25) is 11.0 Å². The number of benzene rings is 1. The highest BCUT2D eigenvalue weighted by atomic mass is 32.1. The molecule has 0 aliphatic heterocycles. The first kappa shape index (κ1) is 18.8. The highest BCUT2D eigenvalue weighted by molar-refractivity contribution is 7.15. The Morgan fingerprint density at radius 3 is 2.65 bits per heavy atom. The topological polar surface area (TPSA) is 64.1 Å². The minimum absolute atomic E-state index is 0.0351. The molecule has 1 amide bonds. The van der Waals surface area contributed by atoms with E-state index in [1.54, 1.807) is 0 Å². The normalized spacial score (nSPS) is 14.3. The van der Waals surface area contributed by atoms with Gasteiger partial charge in [-0.2, -0.15) is 0 Å². The number of amides is 1. The number of aromatic nitrogens is 2. The average molecular weight is 374 g/mol. The molecule has 1 aliphatic rings. The standard InChI is InChI=1S/C20H27N3O2S/c1-4-20(2,3)15-9-11-16(12-10-15)25-13-5-6-17(24)21-19-23-22-18(26-19)14-7-8-14/h9-12,14H,4-8,13H2,1-3H3,(H,21,23,24). The summed E-state index contributed by atoms with van der Waals surface area (Å²) in [7, 11) is 0. The van der Waals surface area contributed by atoms with E-state index in [1.807, 2.05) is 12.1 Å². The van der Waals surface area contributed by atoms with Gasteiger partial charge in [-0.1, -0.05) is 44.2 Å². The van der Waals surface area contributed by atoms with Crippen LogP contribution in [0.3, 0.4) is 0 Å². The lowest BCUT2D eigenvalue weighted by Crippen LogP contribution is -2.15. The molecule has 1 aromatic heterocycles. The third kappa shape index (κ3) is 5.04. The molecule has 0 bridgehead atoms. The van der Waals surface area contributed by atoms with Crippen molar-refractivity contribution >= 4 is 22.4 Å².